The number of nitrogens with zero attached hydrogens (tertiary/aromatic N) is 4. The summed E-state index contributed by atoms with van der Waals surface area (Å²) in [5.74, 6) is 2.12. The van der Waals surface area contributed by atoms with Crippen molar-refractivity contribution in [3.8, 4) is 5.75 Å². The van der Waals surface area contributed by atoms with Gasteiger partial charge in [0.25, 0.3) is 0 Å². The molecular formula is C20H27BrN4O2S. The summed E-state index contributed by atoms with van der Waals surface area (Å²) in [7, 11) is 0. The number of hydrogen-bond acceptors (Lipinski definition) is 5. The molecule has 0 N–H and O–H groups in total. The number of piperidine rings is 1. The first-order chi connectivity index (χ1) is 13.5. The summed E-state index contributed by atoms with van der Waals surface area (Å²) in [5, 5.41) is 9.33. The lowest BCUT2D eigenvalue weighted by molar-refractivity contribution is -0.134. The van der Waals surface area contributed by atoms with Crippen LogP contribution < -0.4 is 4.74 Å². The Morgan fingerprint density at radius 2 is 1.89 bits per heavy atom. The van der Waals surface area contributed by atoms with Crippen LogP contribution in [0.5, 0.6) is 5.75 Å². The molecule has 8 heteroatoms. The van der Waals surface area contributed by atoms with Crippen molar-refractivity contribution < 1.29 is 9.53 Å². The molecule has 1 aromatic heterocycles. The maximum absolute atomic E-state index is 12.8. The minimum atomic E-state index is 0.183. The number of carbonyl (C=O) groups is 1. The van der Waals surface area contributed by atoms with Gasteiger partial charge in [0, 0.05) is 23.1 Å². The highest BCUT2D eigenvalue weighted by Crippen LogP contribution is 2.25. The van der Waals surface area contributed by atoms with Gasteiger partial charge in [0.1, 0.15) is 12.4 Å². The highest BCUT2D eigenvalue weighted by atomic mass is 79.9. The highest BCUT2D eigenvalue weighted by molar-refractivity contribution is 9.10. The van der Waals surface area contributed by atoms with E-state index in [9.17, 15) is 4.79 Å². The molecule has 0 aliphatic carbocycles. The van der Waals surface area contributed by atoms with E-state index in [0.29, 0.717) is 24.4 Å². The number of ether oxygens (including phenoxy) is 1. The fourth-order valence-electron chi connectivity index (χ4n) is 3.64. The molecule has 2 aromatic rings. The third kappa shape index (κ3) is 5.08. The lowest BCUT2D eigenvalue weighted by atomic mass is 9.98. The van der Waals surface area contributed by atoms with Gasteiger partial charge in [-0.2, -0.15) is 0 Å². The number of thioether (sulfide) groups is 1. The Bertz CT molecular complexity index is 786. The molecule has 6 nitrogen and oxygen atoms in total. The van der Waals surface area contributed by atoms with Gasteiger partial charge in [0.05, 0.1) is 5.75 Å². The first-order valence-electron chi connectivity index (χ1n) is 9.74. The zero-order valence-electron chi connectivity index (χ0n) is 16.6. The summed E-state index contributed by atoms with van der Waals surface area (Å²) in [5.41, 5.74) is 0. The van der Waals surface area contributed by atoms with E-state index in [-0.39, 0.29) is 5.91 Å². The van der Waals surface area contributed by atoms with E-state index in [1.165, 1.54) is 18.2 Å². The number of benzene rings is 1. The number of amides is 1. The summed E-state index contributed by atoms with van der Waals surface area (Å²) in [6.45, 7) is 7.41. The Hall–Kier alpha value is -1.54. The molecule has 3 rings (SSSR count). The molecule has 0 spiro atoms. The molecule has 2 heterocycles. The van der Waals surface area contributed by atoms with E-state index >= 15 is 0 Å². The molecule has 1 fully saturated rings. The van der Waals surface area contributed by atoms with Crippen molar-refractivity contribution in [2.45, 2.75) is 70.4 Å². The molecule has 2 atom stereocenters. The van der Waals surface area contributed by atoms with Gasteiger partial charge >= 0.3 is 0 Å². The molecule has 0 unspecified atom stereocenters. The van der Waals surface area contributed by atoms with Crippen LogP contribution in [0.2, 0.25) is 0 Å². The molecule has 28 heavy (non-hydrogen) atoms. The van der Waals surface area contributed by atoms with Gasteiger partial charge in [-0.3, -0.25) is 4.79 Å². The number of likely N-dealkylation sites (tertiary alicyclic amines) is 1. The van der Waals surface area contributed by atoms with Gasteiger partial charge in [-0.25, -0.2) is 0 Å². The van der Waals surface area contributed by atoms with Crippen LogP contribution in [-0.4, -0.2) is 43.4 Å². The van der Waals surface area contributed by atoms with E-state index in [2.05, 4.69) is 40.0 Å². The fraction of sp³-hybridized carbons (Fsp3) is 0.550. The van der Waals surface area contributed by atoms with Crippen LogP contribution in [0.3, 0.4) is 0 Å². The van der Waals surface area contributed by atoms with Crippen molar-refractivity contribution in [3.63, 3.8) is 0 Å². The highest BCUT2D eigenvalue weighted by Gasteiger charge is 2.29. The van der Waals surface area contributed by atoms with E-state index in [1.807, 2.05) is 40.7 Å². The number of hydrogen-bond donors (Lipinski definition) is 0. The summed E-state index contributed by atoms with van der Waals surface area (Å²) >= 11 is 4.88. The maximum atomic E-state index is 12.8. The van der Waals surface area contributed by atoms with Gasteiger partial charge in [-0.05, 0) is 64.3 Å². The Balaban J connectivity index is 1.60. The molecule has 1 saturated heterocycles. The predicted molar refractivity (Wildman–Crippen MR) is 115 cm³/mol. The molecule has 0 radical (unpaired) electrons. The average Bonchev–Trinajstić information content (AvgIpc) is 3.07. The van der Waals surface area contributed by atoms with Crippen LogP contribution in [0.15, 0.2) is 33.9 Å². The predicted octanol–water partition coefficient (Wildman–Crippen LogP) is 4.52. The Labute approximate surface area is 179 Å². The van der Waals surface area contributed by atoms with Crippen LogP contribution in [0.1, 0.15) is 45.9 Å². The van der Waals surface area contributed by atoms with Crippen LogP contribution in [0.25, 0.3) is 0 Å². The van der Waals surface area contributed by atoms with Gasteiger partial charge in [0.2, 0.25) is 5.91 Å². The van der Waals surface area contributed by atoms with E-state index in [1.54, 1.807) is 0 Å². The van der Waals surface area contributed by atoms with Gasteiger partial charge in [0.15, 0.2) is 11.0 Å². The summed E-state index contributed by atoms with van der Waals surface area (Å²) in [4.78, 5) is 14.8. The Morgan fingerprint density at radius 3 is 2.54 bits per heavy atom. The van der Waals surface area contributed by atoms with Crippen LogP contribution >= 0.6 is 27.7 Å². The van der Waals surface area contributed by atoms with Gasteiger partial charge in [-0.15, -0.1) is 10.2 Å². The second kappa shape index (κ2) is 9.78. The SMILES string of the molecule is CCn1c(COc2ccc(Br)cc2)nnc1SCC(=O)N1[C@@H](C)CCC[C@@H]1C. The summed E-state index contributed by atoms with van der Waals surface area (Å²) in [6.07, 6.45) is 3.37. The lowest BCUT2D eigenvalue weighted by Gasteiger charge is -2.39. The molecule has 0 bridgehead atoms. The van der Waals surface area contributed by atoms with Crippen molar-refractivity contribution in [1.82, 2.24) is 19.7 Å². The van der Waals surface area contributed by atoms with Crippen LogP contribution in [0.4, 0.5) is 0 Å². The minimum absolute atomic E-state index is 0.183. The van der Waals surface area contributed by atoms with Crippen molar-refractivity contribution in [3.05, 3.63) is 34.6 Å². The van der Waals surface area contributed by atoms with Crippen molar-refractivity contribution in [1.29, 1.82) is 0 Å². The average molecular weight is 467 g/mol. The maximum Gasteiger partial charge on any atom is 0.233 e. The Kier molecular flexibility index (Phi) is 7.40. The largest absolute Gasteiger partial charge is 0.486 e. The standard InChI is InChI=1S/C20H27BrN4O2S/c1-4-24-18(12-27-17-10-8-16(21)9-11-17)22-23-20(24)28-13-19(26)25-14(2)6-5-7-15(25)3/h8-11,14-15H,4-7,12-13H2,1-3H3/t14-,15-/m0/s1. The van der Waals surface area contributed by atoms with E-state index in [0.717, 1.165) is 40.6 Å². The molecule has 152 valence electrons. The summed E-state index contributed by atoms with van der Waals surface area (Å²) < 4.78 is 8.85. The molecule has 0 saturated carbocycles. The monoisotopic (exact) mass is 466 g/mol. The number of aromatic nitrogens is 3. The zero-order chi connectivity index (χ0) is 20.1. The molecule has 1 aliphatic heterocycles. The topological polar surface area (TPSA) is 60.2 Å². The third-order valence-corrected chi connectivity index (χ3v) is 6.58. The summed E-state index contributed by atoms with van der Waals surface area (Å²) in [6, 6.07) is 8.33. The number of rotatable bonds is 7. The third-order valence-electron chi connectivity index (χ3n) is 5.10. The van der Waals surface area contributed by atoms with E-state index < -0.39 is 0 Å². The minimum Gasteiger partial charge on any atom is -0.486 e. The number of halogens is 1. The normalized spacial score (nSPS) is 19.6. The molecule has 1 aliphatic rings. The van der Waals surface area contributed by atoms with E-state index in [4.69, 9.17) is 4.74 Å². The molecule has 1 aromatic carbocycles. The second-order valence-electron chi connectivity index (χ2n) is 7.10. The first kappa shape index (κ1) is 21.2. The van der Waals surface area contributed by atoms with Crippen molar-refractivity contribution in [2.24, 2.45) is 0 Å². The van der Waals surface area contributed by atoms with Crippen LogP contribution in [0, 0.1) is 0 Å². The van der Waals surface area contributed by atoms with Gasteiger partial charge < -0.3 is 14.2 Å². The first-order valence-corrected chi connectivity index (χ1v) is 11.5. The fourth-order valence-corrected chi connectivity index (χ4v) is 4.80. The Morgan fingerprint density at radius 1 is 1.21 bits per heavy atom. The van der Waals surface area contributed by atoms with Crippen LogP contribution in [-0.2, 0) is 17.9 Å². The molecule has 1 amide bonds. The van der Waals surface area contributed by atoms with Crippen molar-refractivity contribution >= 4 is 33.6 Å². The van der Waals surface area contributed by atoms with Crippen molar-refractivity contribution in [2.75, 3.05) is 5.75 Å². The quantitative estimate of drug-likeness (QED) is 0.561. The number of carbonyl (C=O) groups excluding carboxylic acids is 1. The second-order valence-corrected chi connectivity index (χ2v) is 8.96. The lowest BCUT2D eigenvalue weighted by Crippen LogP contribution is -2.48. The zero-order valence-corrected chi connectivity index (χ0v) is 19.0. The smallest absolute Gasteiger partial charge is 0.233 e. The molecular weight excluding hydrogens is 440 g/mol. The van der Waals surface area contributed by atoms with Gasteiger partial charge in [-0.1, -0.05) is 27.7 Å².